The molecule has 1 rings (SSSR count). The molecule has 0 aromatic carbocycles. The first-order chi connectivity index (χ1) is 6.06. The molecule has 5 heteroatoms. The lowest BCUT2D eigenvalue weighted by molar-refractivity contribution is 0.483. The monoisotopic (exact) mass is 204 g/mol. The molecule has 0 unspecified atom stereocenters. The minimum atomic E-state index is -3.05. The van der Waals surface area contributed by atoms with E-state index in [4.69, 9.17) is 5.73 Å². The van der Waals surface area contributed by atoms with Gasteiger partial charge in [-0.05, 0) is 19.9 Å². The summed E-state index contributed by atoms with van der Waals surface area (Å²) in [7, 11) is -3.05. The maximum atomic E-state index is 11.6. The van der Waals surface area contributed by atoms with Gasteiger partial charge in [-0.15, -0.1) is 0 Å². The lowest BCUT2D eigenvalue weighted by Gasteiger charge is -2.15. The molecule has 1 heterocycles. The molecule has 0 amide bonds. The molecular weight excluding hydrogens is 188 g/mol. The maximum absolute atomic E-state index is 11.6. The Morgan fingerprint density at radius 2 is 2.31 bits per heavy atom. The van der Waals surface area contributed by atoms with Crippen molar-refractivity contribution in [3.8, 4) is 0 Å². The van der Waals surface area contributed by atoms with Gasteiger partial charge in [0.05, 0.1) is 5.75 Å². The van der Waals surface area contributed by atoms with Gasteiger partial charge in [-0.2, -0.15) is 4.31 Å². The molecule has 0 atom stereocenters. The van der Waals surface area contributed by atoms with Gasteiger partial charge in [0.15, 0.2) is 0 Å². The summed E-state index contributed by atoms with van der Waals surface area (Å²) < 4.78 is 24.6. The van der Waals surface area contributed by atoms with Crippen molar-refractivity contribution in [1.82, 2.24) is 4.31 Å². The third kappa shape index (κ3) is 2.79. The topological polar surface area (TPSA) is 63.4 Å². The van der Waals surface area contributed by atoms with Crippen LogP contribution in [0.3, 0.4) is 0 Å². The number of nitrogens with two attached hydrogens (primary N) is 1. The molecule has 0 aliphatic carbocycles. The highest BCUT2D eigenvalue weighted by atomic mass is 32.2. The maximum Gasteiger partial charge on any atom is 0.214 e. The lowest BCUT2D eigenvalue weighted by Crippen LogP contribution is -2.31. The summed E-state index contributed by atoms with van der Waals surface area (Å²) >= 11 is 0. The van der Waals surface area contributed by atoms with E-state index in [1.807, 2.05) is 13.0 Å². The van der Waals surface area contributed by atoms with Crippen molar-refractivity contribution < 1.29 is 8.42 Å². The van der Waals surface area contributed by atoms with Gasteiger partial charge in [-0.3, -0.25) is 0 Å². The zero-order chi connectivity index (χ0) is 9.90. The van der Waals surface area contributed by atoms with Gasteiger partial charge in [0.1, 0.15) is 0 Å². The Labute approximate surface area is 79.5 Å². The van der Waals surface area contributed by atoms with Crippen LogP contribution >= 0.6 is 0 Å². The van der Waals surface area contributed by atoms with Gasteiger partial charge in [-0.1, -0.05) is 11.6 Å². The van der Waals surface area contributed by atoms with E-state index >= 15 is 0 Å². The fraction of sp³-hybridized carbons (Fsp3) is 0.750. The molecule has 0 spiro atoms. The molecule has 0 saturated heterocycles. The SMILES string of the molecule is CC1=CCN(S(=O)(=O)CCCN)C1. The fourth-order valence-electron chi connectivity index (χ4n) is 1.27. The van der Waals surface area contributed by atoms with Crippen LogP contribution in [0.15, 0.2) is 11.6 Å². The molecule has 0 saturated carbocycles. The van der Waals surface area contributed by atoms with E-state index < -0.39 is 10.0 Å². The summed E-state index contributed by atoms with van der Waals surface area (Å²) in [4.78, 5) is 0. The summed E-state index contributed by atoms with van der Waals surface area (Å²) in [5, 5.41) is 0. The average molecular weight is 204 g/mol. The standard InChI is InChI=1S/C8H16N2O2S/c1-8-3-5-10(7-8)13(11,12)6-2-4-9/h3H,2,4-7,9H2,1H3. The Morgan fingerprint density at radius 1 is 1.62 bits per heavy atom. The van der Waals surface area contributed by atoms with Gasteiger partial charge >= 0.3 is 0 Å². The normalized spacial score (nSPS) is 19.1. The smallest absolute Gasteiger partial charge is 0.214 e. The Bertz CT molecular complexity index is 295. The predicted molar refractivity (Wildman–Crippen MR) is 52.8 cm³/mol. The molecule has 1 aliphatic heterocycles. The summed E-state index contributed by atoms with van der Waals surface area (Å²) in [6.07, 6.45) is 2.48. The molecular formula is C8H16N2O2S. The molecule has 0 bridgehead atoms. The lowest BCUT2D eigenvalue weighted by atomic mass is 10.3. The average Bonchev–Trinajstić information content (AvgIpc) is 2.49. The summed E-state index contributed by atoms with van der Waals surface area (Å²) in [5.74, 6) is 0.171. The van der Waals surface area contributed by atoms with Crippen LogP contribution < -0.4 is 5.73 Å². The van der Waals surface area contributed by atoms with Crippen molar-refractivity contribution in [2.24, 2.45) is 5.73 Å². The van der Waals surface area contributed by atoms with Crippen molar-refractivity contribution in [3.05, 3.63) is 11.6 Å². The highest BCUT2D eigenvalue weighted by molar-refractivity contribution is 7.89. The van der Waals surface area contributed by atoms with Gasteiger partial charge in [0.25, 0.3) is 0 Å². The largest absolute Gasteiger partial charge is 0.330 e. The van der Waals surface area contributed by atoms with E-state index in [2.05, 4.69) is 0 Å². The second kappa shape index (κ2) is 4.21. The summed E-state index contributed by atoms with van der Waals surface area (Å²) in [5.41, 5.74) is 6.39. The van der Waals surface area contributed by atoms with Crippen LogP contribution in [0.25, 0.3) is 0 Å². The first kappa shape index (κ1) is 10.7. The van der Waals surface area contributed by atoms with Gasteiger partial charge < -0.3 is 5.73 Å². The Morgan fingerprint density at radius 3 is 2.77 bits per heavy atom. The van der Waals surface area contributed by atoms with Crippen LogP contribution in [0.2, 0.25) is 0 Å². The minimum Gasteiger partial charge on any atom is -0.330 e. The van der Waals surface area contributed by atoms with Crippen LogP contribution in [-0.4, -0.2) is 38.1 Å². The highest BCUT2D eigenvalue weighted by Crippen LogP contribution is 2.13. The first-order valence-electron chi connectivity index (χ1n) is 4.40. The zero-order valence-corrected chi connectivity index (χ0v) is 8.68. The summed E-state index contributed by atoms with van der Waals surface area (Å²) in [6, 6.07) is 0. The highest BCUT2D eigenvalue weighted by Gasteiger charge is 2.23. The molecule has 0 fully saturated rings. The van der Waals surface area contributed by atoms with Crippen LogP contribution in [0, 0.1) is 0 Å². The molecule has 13 heavy (non-hydrogen) atoms. The van der Waals surface area contributed by atoms with Crippen molar-refractivity contribution in [1.29, 1.82) is 0 Å². The van der Waals surface area contributed by atoms with E-state index in [-0.39, 0.29) is 5.75 Å². The van der Waals surface area contributed by atoms with E-state index in [9.17, 15) is 8.42 Å². The van der Waals surface area contributed by atoms with Crippen LogP contribution in [0.1, 0.15) is 13.3 Å². The van der Waals surface area contributed by atoms with Gasteiger partial charge in [0, 0.05) is 13.1 Å². The molecule has 0 aromatic heterocycles. The Balaban J connectivity index is 2.52. The third-order valence-electron chi connectivity index (χ3n) is 2.07. The van der Waals surface area contributed by atoms with Crippen LogP contribution in [0.5, 0.6) is 0 Å². The number of sulfonamides is 1. The van der Waals surface area contributed by atoms with Crippen molar-refractivity contribution in [2.45, 2.75) is 13.3 Å². The Hall–Kier alpha value is -0.390. The molecule has 0 aromatic rings. The minimum absolute atomic E-state index is 0.171. The van der Waals surface area contributed by atoms with Crippen LogP contribution in [-0.2, 0) is 10.0 Å². The van der Waals surface area contributed by atoms with Gasteiger partial charge in [-0.25, -0.2) is 8.42 Å². The van der Waals surface area contributed by atoms with E-state index in [1.165, 1.54) is 4.31 Å². The molecule has 0 radical (unpaired) electrons. The second-order valence-electron chi connectivity index (χ2n) is 3.30. The number of hydrogen-bond acceptors (Lipinski definition) is 3. The number of rotatable bonds is 4. The molecule has 76 valence electrons. The van der Waals surface area contributed by atoms with Crippen molar-refractivity contribution in [2.75, 3.05) is 25.4 Å². The van der Waals surface area contributed by atoms with Crippen LogP contribution in [0.4, 0.5) is 0 Å². The Kier molecular flexibility index (Phi) is 3.47. The fourth-order valence-corrected chi connectivity index (χ4v) is 2.76. The van der Waals surface area contributed by atoms with Crippen molar-refractivity contribution >= 4 is 10.0 Å². The quantitative estimate of drug-likeness (QED) is 0.652. The summed E-state index contributed by atoms with van der Waals surface area (Å²) in [6.45, 7) is 3.45. The van der Waals surface area contributed by atoms with Gasteiger partial charge in [0.2, 0.25) is 10.0 Å². The van der Waals surface area contributed by atoms with Crippen molar-refractivity contribution in [3.63, 3.8) is 0 Å². The molecule has 4 nitrogen and oxygen atoms in total. The third-order valence-corrected chi connectivity index (χ3v) is 3.94. The number of hydrogen-bond donors (Lipinski definition) is 1. The number of nitrogens with zero attached hydrogens (tertiary/aromatic N) is 1. The molecule has 2 N–H and O–H groups in total. The first-order valence-corrected chi connectivity index (χ1v) is 6.00. The van der Waals surface area contributed by atoms with E-state index in [0.717, 1.165) is 5.57 Å². The van der Waals surface area contributed by atoms with E-state index in [1.54, 1.807) is 0 Å². The zero-order valence-electron chi connectivity index (χ0n) is 7.86. The predicted octanol–water partition coefficient (Wildman–Crippen LogP) is -0.0731. The second-order valence-corrected chi connectivity index (χ2v) is 5.39. The van der Waals surface area contributed by atoms with E-state index in [0.29, 0.717) is 26.1 Å². The molecule has 1 aliphatic rings.